The quantitative estimate of drug-likeness (QED) is 0.874. The van der Waals surface area contributed by atoms with Crippen LogP contribution in [0.4, 0.5) is 10.1 Å². The maximum atomic E-state index is 13.0. The van der Waals surface area contributed by atoms with Gasteiger partial charge in [-0.3, -0.25) is 4.79 Å². The Hall–Kier alpha value is -2.36. The van der Waals surface area contributed by atoms with E-state index in [4.69, 9.17) is 0 Å². The van der Waals surface area contributed by atoms with E-state index in [-0.39, 0.29) is 16.7 Å². The molecule has 1 amide bonds. The number of halogens is 1. The molecule has 0 heterocycles. The molecule has 2 rings (SSSR count). The molecule has 21 heavy (non-hydrogen) atoms. The molecular formula is C17H18FNO2. The van der Waals surface area contributed by atoms with Crippen molar-refractivity contribution in [3.63, 3.8) is 0 Å². The highest BCUT2D eigenvalue weighted by atomic mass is 19.1. The van der Waals surface area contributed by atoms with Crippen molar-refractivity contribution in [3.05, 3.63) is 59.4 Å². The molecule has 4 heteroatoms. The lowest BCUT2D eigenvalue weighted by atomic mass is 9.86. The van der Waals surface area contributed by atoms with Crippen LogP contribution < -0.4 is 5.32 Å². The molecule has 2 aromatic rings. The summed E-state index contributed by atoms with van der Waals surface area (Å²) in [6.45, 7) is 6.15. The van der Waals surface area contributed by atoms with Crippen LogP contribution in [-0.2, 0) is 5.41 Å². The predicted octanol–water partition coefficient (Wildman–Crippen LogP) is 4.08. The molecule has 0 saturated heterocycles. The van der Waals surface area contributed by atoms with E-state index in [9.17, 15) is 14.3 Å². The normalized spacial score (nSPS) is 11.2. The van der Waals surface area contributed by atoms with Gasteiger partial charge in [0, 0.05) is 11.8 Å². The Labute approximate surface area is 123 Å². The first kappa shape index (κ1) is 15.0. The smallest absolute Gasteiger partial charge is 0.259 e. The van der Waals surface area contributed by atoms with Crippen molar-refractivity contribution in [3.8, 4) is 5.75 Å². The number of carbonyl (C=O) groups excluding carboxylic acids is 1. The molecule has 0 aliphatic rings. The molecule has 0 fully saturated rings. The van der Waals surface area contributed by atoms with E-state index in [0.29, 0.717) is 5.69 Å². The van der Waals surface area contributed by atoms with Gasteiger partial charge in [0.05, 0.1) is 5.56 Å². The van der Waals surface area contributed by atoms with E-state index in [2.05, 4.69) is 5.32 Å². The zero-order valence-electron chi connectivity index (χ0n) is 12.3. The first-order valence-electron chi connectivity index (χ1n) is 6.68. The first-order chi connectivity index (χ1) is 9.79. The summed E-state index contributed by atoms with van der Waals surface area (Å²) in [6.07, 6.45) is 0. The van der Waals surface area contributed by atoms with Gasteiger partial charge in [-0.2, -0.15) is 0 Å². The Morgan fingerprint density at radius 3 is 2.43 bits per heavy atom. The van der Waals surface area contributed by atoms with Crippen LogP contribution in [-0.4, -0.2) is 11.0 Å². The summed E-state index contributed by atoms with van der Waals surface area (Å²) in [5.74, 6) is -1.43. The fraction of sp³-hybridized carbons (Fsp3) is 0.235. The van der Waals surface area contributed by atoms with Crippen LogP contribution in [0.15, 0.2) is 42.5 Å². The van der Waals surface area contributed by atoms with Crippen molar-refractivity contribution in [2.75, 3.05) is 5.32 Å². The molecule has 110 valence electrons. The summed E-state index contributed by atoms with van der Waals surface area (Å²) in [5, 5.41) is 12.4. The Morgan fingerprint density at radius 1 is 1.14 bits per heavy atom. The molecular weight excluding hydrogens is 269 g/mol. The van der Waals surface area contributed by atoms with Crippen LogP contribution in [0.25, 0.3) is 0 Å². The second-order valence-corrected chi connectivity index (χ2v) is 5.91. The van der Waals surface area contributed by atoms with E-state index in [0.717, 1.165) is 17.7 Å². The van der Waals surface area contributed by atoms with Crippen molar-refractivity contribution in [1.82, 2.24) is 0 Å². The van der Waals surface area contributed by atoms with Crippen LogP contribution in [0.1, 0.15) is 36.7 Å². The summed E-state index contributed by atoms with van der Waals surface area (Å²) >= 11 is 0. The second kappa shape index (κ2) is 5.56. The summed E-state index contributed by atoms with van der Waals surface area (Å²) in [4.78, 5) is 12.2. The fourth-order valence-electron chi connectivity index (χ4n) is 2.13. The topological polar surface area (TPSA) is 49.3 Å². The number of rotatable bonds is 2. The number of nitrogens with one attached hydrogen (secondary N) is 1. The highest BCUT2D eigenvalue weighted by molar-refractivity contribution is 6.06. The van der Waals surface area contributed by atoms with Gasteiger partial charge in [-0.25, -0.2) is 4.39 Å². The minimum atomic E-state index is -0.584. The fourth-order valence-corrected chi connectivity index (χ4v) is 2.13. The Bertz CT molecular complexity index is 675. The summed E-state index contributed by atoms with van der Waals surface area (Å²) in [5.41, 5.74) is 1.58. The number of hydrogen-bond acceptors (Lipinski definition) is 2. The number of carbonyl (C=O) groups is 1. The standard InChI is InChI=1S/C17H18FNO2/c1-17(2,3)13-6-4-5-7-14(13)19-16(21)12-9-8-11(18)10-15(12)20/h4-10,20H,1-3H3,(H,19,21). The molecule has 2 N–H and O–H groups in total. The van der Waals surface area contributed by atoms with Crippen LogP contribution in [0, 0.1) is 5.82 Å². The minimum absolute atomic E-state index is 0.0418. The zero-order chi connectivity index (χ0) is 15.6. The van der Waals surface area contributed by atoms with Gasteiger partial charge >= 0.3 is 0 Å². The molecule has 0 aromatic heterocycles. The Kier molecular flexibility index (Phi) is 3.98. The number of phenols is 1. The number of amides is 1. The van der Waals surface area contributed by atoms with Crippen LogP contribution in [0.3, 0.4) is 0 Å². The largest absolute Gasteiger partial charge is 0.507 e. The van der Waals surface area contributed by atoms with E-state index in [1.54, 1.807) is 6.07 Å². The summed E-state index contributed by atoms with van der Waals surface area (Å²) in [7, 11) is 0. The number of para-hydroxylation sites is 1. The summed E-state index contributed by atoms with van der Waals surface area (Å²) in [6, 6.07) is 10.8. The van der Waals surface area contributed by atoms with Gasteiger partial charge in [0.25, 0.3) is 5.91 Å². The minimum Gasteiger partial charge on any atom is -0.507 e. The lowest BCUT2D eigenvalue weighted by Gasteiger charge is -2.23. The number of phenolic OH excluding ortho intramolecular Hbond substituents is 1. The van der Waals surface area contributed by atoms with Gasteiger partial charge in [0.15, 0.2) is 0 Å². The average Bonchev–Trinajstić information content (AvgIpc) is 2.37. The van der Waals surface area contributed by atoms with E-state index in [1.165, 1.54) is 6.07 Å². The maximum absolute atomic E-state index is 13.0. The maximum Gasteiger partial charge on any atom is 0.259 e. The van der Waals surface area contributed by atoms with Crippen molar-refractivity contribution in [2.45, 2.75) is 26.2 Å². The van der Waals surface area contributed by atoms with Crippen LogP contribution in [0.5, 0.6) is 5.75 Å². The molecule has 0 saturated carbocycles. The molecule has 0 aliphatic carbocycles. The van der Waals surface area contributed by atoms with Gasteiger partial charge in [0.2, 0.25) is 0 Å². The molecule has 0 radical (unpaired) electrons. The van der Waals surface area contributed by atoms with Crippen molar-refractivity contribution in [1.29, 1.82) is 0 Å². The van der Waals surface area contributed by atoms with E-state index in [1.807, 2.05) is 39.0 Å². The molecule has 0 spiro atoms. The zero-order valence-corrected chi connectivity index (χ0v) is 12.3. The molecule has 0 aliphatic heterocycles. The van der Waals surface area contributed by atoms with Gasteiger partial charge in [-0.15, -0.1) is 0 Å². The number of benzene rings is 2. The lowest BCUT2D eigenvalue weighted by molar-refractivity contribution is 0.102. The van der Waals surface area contributed by atoms with Gasteiger partial charge in [-0.05, 0) is 29.2 Å². The number of aromatic hydroxyl groups is 1. The third kappa shape index (κ3) is 3.40. The van der Waals surface area contributed by atoms with Crippen LogP contribution >= 0.6 is 0 Å². The Morgan fingerprint density at radius 2 is 1.81 bits per heavy atom. The SMILES string of the molecule is CC(C)(C)c1ccccc1NC(=O)c1ccc(F)cc1O. The third-order valence-corrected chi connectivity index (χ3v) is 3.19. The lowest BCUT2D eigenvalue weighted by Crippen LogP contribution is -2.18. The number of hydrogen-bond donors (Lipinski definition) is 2. The molecule has 2 aromatic carbocycles. The highest BCUT2D eigenvalue weighted by Gasteiger charge is 2.20. The van der Waals surface area contributed by atoms with Crippen LogP contribution in [0.2, 0.25) is 0 Å². The van der Waals surface area contributed by atoms with Gasteiger partial charge in [-0.1, -0.05) is 39.0 Å². The second-order valence-electron chi connectivity index (χ2n) is 5.91. The van der Waals surface area contributed by atoms with E-state index >= 15 is 0 Å². The predicted molar refractivity (Wildman–Crippen MR) is 81.2 cm³/mol. The average molecular weight is 287 g/mol. The third-order valence-electron chi connectivity index (χ3n) is 3.19. The monoisotopic (exact) mass is 287 g/mol. The summed E-state index contributed by atoms with van der Waals surface area (Å²) < 4.78 is 13.0. The van der Waals surface area contributed by atoms with Crippen molar-refractivity contribution in [2.24, 2.45) is 0 Å². The van der Waals surface area contributed by atoms with Gasteiger partial charge in [0.1, 0.15) is 11.6 Å². The van der Waals surface area contributed by atoms with Crippen molar-refractivity contribution >= 4 is 11.6 Å². The molecule has 0 atom stereocenters. The Balaban J connectivity index is 2.32. The van der Waals surface area contributed by atoms with E-state index < -0.39 is 11.7 Å². The molecule has 0 bridgehead atoms. The molecule has 3 nitrogen and oxygen atoms in total. The molecule has 0 unspecified atom stereocenters. The van der Waals surface area contributed by atoms with Gasteiger partial charge < -0.3 is 10.4 Å². The highest BCUT2D eigenvalue weighted by Crippen LogP contribution is 2.30. The number of anilines is 1. The van der Waals surface area contributed by atoms with Crippen molar-refractivity contribution < 1.29 is 14.3 Å². The first-order valence-corrected chi connectivity index (χ1v) is 6.68.